The van der Waals surface area contributed by atoms with Crippen LogP contribution in [-0.2, 0) is 23.3 Å². The van der Waals surface area contributed by atoms with Crippen molar-refractivity contribution in [3.05, 3.63) is 119 Å². The average Bonchev–Trinajstić information content (AvgIpc) is 3.41. The topological polar surface area (TPSA) is 45.7 Å². The van der Waals surface area contributed by atoms with Crippen LogP contribution in [0.2, 0.25) is 0 Å². The average molecular weight is 646 g/mol. The van der Waals surface area contributed by atoms with Crippen molar-refractivity contribution in [2.75, 3.05) is 23.9 Å². The second-order valence-electron chi connectivity index (χ2n) is 13.6. The number of fused-ring (bicyclic) bond motifs is 1. The van der Waals surface area contributed by atoms with Gasteiger partial charge in [-0.25, -0.2) is 4.79 Å². The number of aryl methyl sites for hydroxylation is 2. The summed E-state index contributed by atoms with van der Waals surface area (Å²) in [5.41, 5.74) is 6.32. The van der Waals surface area contributed by atoms with Gasteiger partial charge in [0.15, 0.2) is 0 Å². The molecular weight excluding hydrogens is 590 g/mol. The second-order valence-corrected chi connectivity index (χ2v) is 13.6. The van der Waals surface area contributed by atoms with Crippen LogP contribution in [0.25, 0.3) is 0 Å². The number of carbonyl (C=O) groups is 1. The van der Waals surface area contributed by atoms with Gasteiger partial charge in [0, 0.05) is 42.9 Å². The number of esters is 1. The van der Waals surface area contributed by atoms with E-state index in [4.69, 9.17) is 9.72 Å². The lowest BCUT2D eigenvalue weighted by atomic mass is 9.93. The first-order chi connectivity index (χ1) is 23.5. The number of unbranched alkanes of at least 4 members (excludes halogenated alkanes) is 10. The molecule has 254 valence electrons. The number of benzene rings is 3. The molecule has 0 saturated carbocycles. The van der Waals surface area contributed by atoms with Crippen molar-refractivity contribution in [3.63, 3.8) is 0 Å². The number of aromatic nitrogens is 1. The monoisotopic (exact) mass is 645 g/mol. The Kier molecular flexibility index (Phi) is 12.7. The Bertz CT molecular complexity index is 1500. The third-order valence-electron chi connectivity index (χ3n) is 9.71. The Labute approximate surface area is 289 Å². The number of ether oxygens (including phenoxy) is 1. The standard InChI is InChI=1S/C43H55N3O2/c1-5-7-9-11-13-15-18-34-21-27-38(28-22-34)46(39-29-23-35(24-30-39)19-16-14-12-10-8-6-2)43(36-25-31-37(32-26-36)45(3)4)41-40(42(47)48-43)20-17-33-44-41/h17,20-33H,5-16,18-19H2,1-4H3. The molecule has 5 nitrogen and oxygen atoms in total. The van der Waals surface area contributed by atoms with Gasteiger partial charge in [0.2, 0.25) is 0 Å². The van der Waals surface area contributed by atoms with Gasteiger partial charge in [0.05, 0.1) is 5.56 Å². The molecule has 2 heterocycles. The lowest BCUT2D eigenvalue weighted by Crippen LogP contribution is -2.45. The van der Waals surface area contributed by atoms with Crippen LogP contribution >= 0.6 is 0 Å². The summed E-state index contributed by atoms with van der Waals surface area (Å²) >= 11 is 0. The molecule has 0 spiro atoms. The molecule has 5 heteroatoms. The maximum Gasteiger partial charge on any atom is 0.342 e. The molecule has 0 bridgehead atoms. The Morgan fingerprint density at radius 2 is 1.08 bits per heavy atom. The number of anilines is 3. The van der Waals surface area contributed by atoms with E-state index in [1.54, 1.807) is 6.20 Å². The van der Waals surface area contributed by atoms with E-state index in [0.717, 1.165) is 35.5 Å². The number of carbonyl (C=O) groups excluding carboxylic acids is 1. The molecule has 1 aliphatic rings. The first-order valence-corrected chi connectivity index (χ1v) is 18.4. The van der Waals surface area contributed by atoms with Gasteiger partial charge in [0.1, 0.15) is 5.69 Å². The molecule has 1 atom stereocenters. The highest BCUT2D eigenvalue weighted by molar-refractivity contribution is 5.96. The predicted molar refractivity (Wildman–Crippen MR) is 200 cm³/mol. The zero-order valence-electron chi connectivity index (χ0n) is 29.7. The molecule has 5 rings (SSSR count). The van der Waals surface area contributed by atoms with Crippen LogP contribution < -0.4 is 9.80 Å². The summed E-state index contributed by atoms with van der Waals surface area (Å²) in [6, 6.07) is 29.6. The zero-order valence-corrected chi connectivity index (χ0v) is 29.7. The van der Waals surface area contributed by atoms with Crippen molar-refractivity contribution in [1.29, 1.82) is 0 Å². The fraction of sp³-hybridized carbons (Fsp3) is 0.442. The minimum absolute atomic E-state index is 0.362. The van der Waals surface area contributed by atoms with Crippen molar-refractivity contribution < 1.29 is 9.53 Å². The first kappa shape index (κ1) is 35.2. The van der Waals surface area contributed by atoms with Crippen LogP contribution in [0.5, 0.6) is 0 Å². The Morgan fingerprint density at radius 3 is 1.58 bits per heavy atom. The van der Waals surface area contributed by atoms with Crippen molar-refractivity contribution in [3.8, 4) is 0 Å². The maximum atomic E-state index is 13.6. The largest absolute Gasteiger partial charge is 0.424 e. The Balaban J connectivity index is 1.52. The molecule has 3 aromatic carbocycles. The molecule has 0 amide bonds. The van der Waals surface area contributed by atoms with E-state index in [-0.39, 0.29) is 5.97 Å². The maximum absolute atomic E-state index is 13.6. The summed E-state index contributed by atoms with van der Waals surface area (Å²) in [6.07, 6.45) is 19.3. The van der Waals surface area contributed by atoms with Gasteiger partial charge in [-0.1, -0.05) is 114 Å². The number of rotatable bonds is 19. The number of hydrogen-bond donors (Lipinski definition) is 0. The second kappa shape index (κ2) is 17.3. The number of pyridine rings is 1. The van der Waals surface area contributed by atoms with Crippen LogP contribution in [-0.4, -0.2) is 25.0 Å². The zero-order chi connectivity index (χ0) is 33.8. The van der Waals surface area contributed by atoms with Gasteiger partial charge < -0.3 is 9.64 Å². The summed E-state index contributed by atoms with van der Waals surface area (Å²) in [5, 5.41) is 0. The van der Waals surface area contributed by atoms with E-state index >= 15 is 0 Å². The Hall–Kier alpha value is -4.12. The molecule has 1 unspecified atom stereocenters. The molecular formula is C43H55N3O2. The van der Waals surface area contributed by atoms with Crippen LogP contribution in [0.4, 0.5) is 17.1 Å². The smallest absolute Gasteiger partial charge is 0.342 e. The van der Waals surface area contributed by atoms with Gasteiger partial charge in [-0.3, -0.25) is 9.88 Å². The van der Waals surface area contributed by atoms with Gasteiger partial charge in [-0.15, -0.1) is 0 Å². The number of hydrogen-bond acceptors (Lipinski definition) is 5. The molecule has 48 heavy (non-hydrogen) atoms. The SMILES string of the molecule is CCCCCCCCc1ccc(N(c2ccc(CCCCCCCC)cc2)C2(c3ccc(N(C)C)cc3)OC(=O)c3cccnc32)cc1. The summed E-state index contributed by atoms with van der Waals surface area (Å²) in [4.78, 5) is 22.7. The van der Waals surface area contributed by atoms with E-state index in [1.165, 1.54) is 88.2 Å². The van der Waals surface area contributed by atoms with Gasteiger partial charge in [0.25, 0.3) is 5.72 Å². The molecule has 4 aromatic rings. The highest BCUT2D eigenvalue weighted by atomic mass is 16.6. The molecule has 0 N–H and O–H groups in total. The van der Waals surface area contributed by atoms with Gasteiger partial charge in [-0.2, -0.15) is 0 Å². The predicted octanol–water partition coefficient (Wildman–Crippen LogP) is 11.2. The van der Waals surface area contributed by atoms with Gasteiger partial charge >= 0.3 is 5.97 Å². The molecule has 0 aliphatic carbocycles. The quantitative estimate of drug-likeness (QED) is 0.0750. The van der Waals surface area contributed by atoms with Crippen LogP contribution in [0.3, 0.4) is 0 Å². The van der Waals surface area contributed by atoms with Crippen LogP contribution in [0.15, 0.2) is 91.1 Å². The third kappa shape index (κ3) is 8.29. The van der Waals surface area contributed by atoms with E-state index in [0.29, 0.717) is 11.3 Å². The van der Waals surface area contributed by atoms with E-state index in [9.17, 15) is 4.79 Å². The highest BCUT2D eigenvalue weighted by Gasteiger charge is 2.54. The molecule has 0 radical (unpaired) electrons. The lowest BCUT2D eigenvalue weighted by molar-refractivity contribution is 0.0122. The van der Waals surface area contributed by atoms with Crippen molar-refractivity contribution >= 4 is 23.0 Å². The summed E-state index contributed by atoms with van der Waals surface area (Å²) in [6.45, 7) is 4.53. The molecule has 1 aromatic heterocycles. The van der Waals surface area contributed by atoms with Crippen molar-refractivity contribution in [2.45, 2.75) is 109 Å². The lowest BCUT2D eigenvalue weighted by Gasteiger charge is -2.41. The summed E-state index contributed by atoms with van der Waals surface area (Å²) < 4.78 is 6.57. The normalized spacial score (nSPS) is 15.3. The minimum Gasteiger partial charge on any atom is -0.424 e. The van der Waals surface area contributed by atoms with E-state index in [1.807, 2.05) is 26.2 Å². The summed E-state index contributed by atoms with van der Waals surface area (Å²) in [7, 11) is 4.06. The van der Waals surface area contributed by atoms with Crippen LogP contribution in [0.1, 0.15) is 124 Å². The molecule has 1 aliphatic heterocycles. The molecule has 0 fully saturated rings. The fourth-order valence-electron chi connectivity index (χ4n) is 6.89. The Morgan fingerprint density at radius 1 is 0.604 bits per heavy atom. The third-order valence-corrected chi connectivity index (χ3v) is 9.71. The number of cyclic esters (lactones) is 1. The number of nitrogens with zero attached hydrogens (tertiary/aromatic N) is 3. The van der Waals surface area contributed by atoms with E-state index in [2.05, 4.69) is 96.4 Å². The molecule has 0 saturated heterocycles. The minimum atomic E-state index is -1.28. The summed E-state index contributed by atoms with van der Waals surface area (Å²) in [5.74, 6) is -0.362. The van der Waals surface area contributed by atoms with Gasteiger partial charge in [-0.05, 0) is 85.3 Å². The van der Waals surface area contributed by atoms with E-state index < -0.39 is 5.72 Å². The highest BCUT2D eigenvalue weighted by Crippen LogP contribution is 2.49. The first-order valence-electron chi connectivity index (χ1n) is 18.4. The van der Waals surface area contributed by atoms with Crippen molar-refractivity contribution in [2.24, 2.45) is 0 Å². The fourth-order valence-corrected chi connectivity index (χ4v) is 6.89. The van der Waals surface area contributed by atoms with Crippen LogP contribution in [0, 0.1) is 0 Å². The van der Waals surface area contributed by atoms with Crippen molar-refractivity contribution in [1.82, 2.24) is 4.98 Å².